The van der Waals surface area contributed by atoms with Crippen LogP contribution in [0.1, 0.15) is 27.8 Å². The van der Waals surface area contributed by atoms with Crippen molar-refractivity contribution in [3.8, 4) is 10.7 Å². The van der Waals surface area contributed by atoms with Crippen LogP contribution in [0.3, 0.4) is 0 Å². The number of aryl methyl sites for hydroxylation is 1. The van der Waals surface area contributed by atoms with E-state index in [0.29, 0.717) is 4.88 Å². The summed E-state index contributed by atoms with van der Waals surface area (Å²) < 4.78 is 16.4. The molecule has 3 aromatic heterocycles. The molecule has 3 heterocycles. The van der Waals surface area contributed by atoms with E-state index in [1.165, 1.54) is 34.1 Å². The number of fused-ring (bicyclic) bond motifs is 1. The average molecular weight is 425 g/mol. The van der Waals surface area contributed by atoms with E-state index in [9.17, 15) is 18.8 Å². The maximum atomic E-state index is 14.0. The van der Waals surface area contributed by atoms with Crippen LogP contribution in [0.25, 0.3) is 21.9 Å². The van der Waals surface area contributed by atoms with E-state index in [1.54, 1.807) is 13.0 Å². The number of hydrogen-bond donors (Lipinski definition) is 1. The van der Waals surface area contributed by atoms with Crippen LogP contribution in [-0.2, 0) is 13.1 Å². The summed E-state index contributed by atoms with van der Waals surface area (Å²) in [4.78, 5) is 47.3. The Kier molecular flexibility index (Phi) is 5.00. The number of halogens is 1. The predicted molar refractivity (Wildman–Crippen MR) is 110 cm³/mol. The minimum absolute atomic E-state index is 0.0549. The van der Waals surface area contributed by atoms with Crippen molar-refractivity contribution in [2.45, 2.75) is 20.0 Å². The van der Waals surface area contributed by atoms with Crippen LogP contribution in [0.15, 0.2) is 46.6 Å². The van der Waals surface area contributed by atoms with Gasteiger partial charge in [0, 0.05) is 6.54 Å². The molecular formula is C20H16FN5O3S. The molecule has 30 heavy (non-hydrogen) atoms. The van der Waals surface area contributed by atoms with E-state index in [-0.39, 0.29) is 34.8 Å². The van der Waals surface area contributed by atoms with Gasteiger partial charge in [-0.25, -0.2) is 19.2 Å². The molecule has 0 radical (unpaired) electrons. The van der Waals surface area contributed by atoms with Crippen molar-refractivity contribution in [1.29, 1.82) is 0 Å². The first-order valence-corrected chi connectivity index (χ1v) is 9.92. The molecule has 0 fully saturated rings. The second-order valence-electron chi connectivity index (χ2n) is 6.43. The van der Waals surface area contributed by atoms with E-state index >= 15 is 0 Å². The number of aromatic nitrogens is 4. The number of nitrogens with zero attached hydrogens (tertiary/aromatic N) is 4. The monoisotopic (exact) mass is 425 g/mol. The van der Waals surface area contributed by atoms with E-state index in [0.717, 1.165) is 10.6 Å². The Balaban J connectivity index is 1.95. The zero-order chi connectivity index (χ0) is 21.4. The molecule has 1 aromatic carbocycles. The SMILES string of the molecule is CCn1c(=O)n(CC(=O)c2ccccc2F)c2c(C(N)=O)nc(-c3cccs3)nc21. The molecule has 0 aliphatic heterocycles. The first-order chi connectivity index (χ1) is 14.4. The fourth-order valence-electron chi connectivity index (χ4n) is 3.25. The average Bonchev–Trinajstić information content (AvgIpc) is 3.35. The molecule has 10 heteroatoms. The summed E-state index contributed by atoms with van der Waals surface area (Å²) in [5, 5.41) is 1.83. The van der Waals surface area contributed by atoms with Crippen LogP contribution in [0.5, 0.6) is 0 Å². The van der Waals surface area contributed by atoms with Gasteiger partial charge in [-0.2, -0.15) is 0 Å². The number of amides is 1. The number of benzene rings is 1. The first-order valence-electron chi connectivity index (χ1n) is 9.04. The molecule has 0 spiro atoms. The molecule has 4 aromatic rings. The van der Waals surface area contributed by atoms with Gasteiger partial charge in [0.2, 0.25) is 0 Å². The van der Waals surface area contributed by atoms with Crippen LogP contribution in [-0.4, -0.2) is 30.8 Å². The molecule has 0 aliphatic rings. The van der Waals surface area contributed by atoms with Crippen molar-refractivity contribution in [2.24, 2.45) is 5.73 Å². The van der Waals surface area contributed by atoms with Gasteiger partial charge >= 0.3 is 5.69 Å². The molecule has 0 unspecified atom stereocenters. The van der Waals surface area contributed by atoms with Gasteiger partial charge in [0.15, 0.2) is 22.9 Å². The van der Waals surface area contributed by atoms with Crippen LogP contribution >= 0.6 is 11.3 Å². The molecule has 0 saturated carbocycles. The molecule has 4 rings (SSSR count). The highest BCUT2D eigenvalue weighted by atomic mass is 32.1. The van der Waals surface area contributed by atoms with Gasteiger partial charge in [-0.1, -0.05) is 18.2 Å². The number of nitrogens with two attached hydrogens (primary N) is 1. The molecule has 0 saturated heterocycles. The lowest BCUT2D eigenvalue weighted by atomic mass is 10.1. The number of thiophene rings is 1. The van der Waals surface area contributed by atoms with Crippen LogP contribution < -0.4 is 11.4 Å². The van der Waals surface area contributed by atoms with Gasteiger partial charge < -0.3 is 5.73 Å². The third-order valence-electron chi connectivity index (χ3n) is 4.62. The topological polar surface area (TPSA) is 113 Å². The maximum Gasteiger partial charge on any atom is 0.330 e. The van der Waals surface area contributed by atoms with Crippen molar-refractivity contribution in [2.75, 3.05) is 0 Å². The zero-order valence-electron chi connectivity index (χ0n) is 15.8. The normalized spacial score (nSPS) is 11.1. The predicted octanol–water partition coefficient (Wildman–Crippen LogP) is 2.46. The van der Waals surface area contributed by atoms with Crippen LogP contribution in [0, 0.1) is 5.82 Å². The summed E-state index contributed by atoms with van der Waals surface area (Å²) in [7, 11) is 0. The molecule has 1 amide bonds. The molecule has 8 nitrogen and oxygen atoms in total. The summed E-state index contributed by atoms with van der Waals surface area (Å²) >= 11 is 1.37. The Labute approximate surface area is 173 Å². The lowest BCUT2D eigenvalue weighted by Gasteiger charge is -2.07. The molecule has 152 valence electrons. The van der Waals surface area contributed by atoms with Gasteiger partial charge in [-0.15, -0.1) is 11.3 Å². The summed E-state index contributed by atoms with van der Waals surface area (Å²) in [6.07, 6.45) is 0. The second-order valence-corrected chi connectivity index (χ2v) is 7.37. The van der Waals surface area contributed by atoms with Gasteiger partial charge in [0.1, 0.15) is 11.3 Å². The number of ketones is 1. The van der Waals surface area contributed by atoms with Gasteiger partial charge in [0.25, 0.3) is 5.91 Å². The van der Waals surface area contributed by atoms with Crippen molar-refractivity contribution >= 4 is 34.2 Å². The fourth-order valence-corrected chi connectivity index (χ4v) is 3.90. The highest BCUT2D eigenvalue weighted by Gasteiger charge is 2.25. The number of carbonyl (C=O) groups is 2. The number of imidazole rings is 1. The van der Waals surface area contributed by atoms with Crippen molar-refractivity contribution < 1.29 is 14.0 Å². The third-order valence-corrected chi connectivity index (χ3v) is 5.49. The van der Waals surface area contributed by atoms with Gasteiger partial charge in [0.05, 0.1) is 17.0 Å². The highest BCUT2D eigenvalue weighted by Crippen LogP contribution is 2.25. The quantitative estimate of drug-likeness (QED) is 0.477. The second kappa shape index (κ2) is 7.64. The Bertz CT molecular complexity index is 1340. The minimum atomic E-state index is -0.861. The summed E-state index contributed by atoms with van der Waals surface area (Å²) in [5.74, 6) is -1.92. The maximum absolute atomic E-state index is 14.0. The molecule has 0 aliphatic carbocycles. The Morgan fingerprint density at radius 1 is 1.13 bits per heavy atom. The standard InChI is InChI=1S/C20H16FN5O3S/c1-2-25-19-16(15(17(22)28)23-18(24-19)14-8-5-9-30-14)26(20(25)29)10-13(27)11-6-3-4-7-12(11)21/h3-9H,2,10H2,1H3,(H2,22,28). The number of rotatable bonds is 6. The fraction of sp³-hybridized carbons (Fsp3) is 0.150. The first kappa shape index (κ1) is 19.6. The number of primary amides is 1. The van der Waals surface area contributed by atoms with Crippen molar-refractivity contribution in [3.63, 3.8) is 0 Å². The van der Waals surface area contributed by atoms with Gasteiger partial charge in [-0.3, -0.25) is 18.7 Å². The van der Waals surface area contributed by atoms with Gasteiger partial charge in [-0.05, 0) is 30.5 Å². The Morgan fingerprint density at radius 3 is 2.53 bits per heavy atom. The minimum Gasteiger partial charge on any atom is -0.364 e. The Morgan fingerprint density at radius 2 is 1.90 bits per heavy atom. The zero-order valence-corrected chi connectivity index (χ0v) is 16.6. The summed E-state index contributed by atoms with van der Waals surface area (Å²) in [5.41, 5.74) is 4.90. The Hall–Kier alpha value is -3.66. The molecule has 2 N–H and O–H groups in total. The third kappa shape index (κ3) is 3.20. The number of Topliss-reactive ketones (excluding diaryl/α,β-unsaturated/α-hetero) is 1. The summed E-state index contributed by atoms with van der Waals surface area (Å²) in [6, 6.07) is 9.08. The molecule has 0 atom stereocenters. The number of hydrogen-bond acceptors (Lipinski definition) is 6. The number of carbonyl (C=O) groups excluding carboxylic acids is 2. The van der Waals surface area contributed by atoms with Crippen molar-refractivity contribution in [1.82, 2.24) is 19.1 Å². The van der Waals surface area contributed by atoms with E-state index in [2.05, 4.69) is 9.97 Å². The van der Waals surface area contributed by atoms with Crippen LogP contribution in [0.4, 0.5) is 4.39 Å². The lowest BCUT2D eigenvalue weighted by molar-refractivity contribution is 0.0962. The largest absolute Gasteiger partial charge is 0.364 e. The molecular weight excluding hydrogens is 409 g/mol. The van der Waals surface area contributed by atoms with Crippen LogP contribution in [0.2, 0.25) is 0 Å². The molecule has 0 bridgehead atoms. The smallest absolute Gasteiger partial charge is 0.330 e. The highest BCUT2D eigenvalue weighted by molar-refractivity contribution is 7.13. The van der Waals surface area contributed by atoms with E-state index < -0.39 is 29.7 Å². The lowest BCUT2D eigenvalue weighted by Crippen LogP contribution is -2.27. The van der Waals surface area contributed by atoms with E-state index in [4.69, 9.17) is 5.73 Å². The van der Waals surface area contributed by atoms with Crippen molar-refractivity contribution in [3.05, 3.63) is 69.3 Å². The summed E-state index contributed by atoms with van der Waals surface area (Å²) in [6.45, 7) is 1.50. The van der Waals surface area contributed by atoms with E-state index in [1.807, 2.05) is 11.4 Å².